The van der Waals surface area contributed by atoms with E-state index in [1.165, 1.54) is 70.6 Å². The molecule has 0 saturated heterocycles. The largest absolute Gasteiger partial charge is 0.354 e. The SMILES string of the molecule is CCCCCCCCCCCCCCC(=O)NC(C)C. The molecule has 0 saturated carbocycles. The maximum atomic E-state index is 11.4. The highest BCUT2D eigenvalue weighted by atomic mass is 16.1. The van der Waals surface area contributed by atoms with E-state index in [2.05, 4.69) is 12.2 Å². The van der Waals surface area contributed by atoms with Gasteiger partial charge in [-0.1, -0.05) is 77.6 Å². The van der Waals surface area contributed by atoms with Gasteiger partial charge in [-0.05, 0) is 20.3 Å². The summed E-state index contributed by atoms with van der Waals surface area (Å²) in [5, 5.41) is 2.94. The number of nitrogens with one attached hydrogen (secondary N) is 1. The summed E-state index contributed by atoms with van der Waals surface area (Å²) in [5.41, 5.74) is 0. The van der Waals surface area contributed by atoms with Crippen molar-refractivity contribution in [1.29, 1.82) is 0 Å². The van der Waals surface area contributed by atoms with E-state index in [-0.39, 0.29) is 11.9 Å². The molecule has 0 bridgehead atoms. The van der Waals surface area contributed by atoms with Gasteiger partial charge in [0.1, 0.15) is 0 Å². The summed E-state index contributed by atoms with van der Waals surface area (Å²) >= 11 is 0. The maximum Gasteiger partial charge on any atom is 0.220 e. The predicted octanol–water partition coefficient (Wildman–Crippen LogP) is 5.60. The smallest absolute Gasteiger partial charge is 0.220 e. The molecule has 0 aliphatic rings. The molecule has 0 rings (SSSR count). The Hall–Kier alpha value is -0.530. The second-order valence-corrected chi connectivity index (χ2v) is 6.36. The zero-order valence-electron chi connectivity index (χ0n) is 14.2. The number of carbonyl (C=O) groups excluding carboxylic acids is 1. The molecule has 2 heteroatoms. The van der Waals surface area contributed by atoms with Crippen LogP contribution in [0.15, 0.2) is 0 Å². The van der Waals surface area contributed by atoms with Crippen LogP contribution in [0, 0.1) is 0 Å². The average Bonchev–Trinajstić information content (AvgIpc) is 2.39. The van der Waals surface area contributed by atoms with E-state index in [9.17, 15) is 4.79 Å². The molecular formula is C18H37NO. The summed E-state index contributed by atoms with van der Waals surface area (Å²) in [6.07, 6.45) is 16.8. The molecule has 0 radical (unpaired) electrons. The molecule has 0 spiro atoms. The lowest BCUT2D eigenvalue weighted by Crippen LogP contribution is -2.29. The molecule has 0 aromatic carbocycles. The second-order valence-electron chi connectivity index (χ2n) is 6.36. The van der Waals surface area contributed by atoms with Crippen LogP contribution in [0.25, 0.3) is 0 Å². The van der Waals surface area contributed by atoms with E-state index in [0.29, 0.717) is 6.42 Å². The quantitative estimate of drug-likeness (QED) is 0.413. The van der Waals surface area contributed by atoms with Crippen molar-refractivity contribution in [3.8, 4) is 0 Å². The number of hydrogen-bond acceptors (Lipinski definition) is 1. The number of hydrogen-bond donors (Lipinski definition) is 1. The van der Waals surface area contributed by atoms with Gasteiger partial charge in [-0.3, -0.25) is 4.79 Å². The van der Waals surface area contributed by atoms with Crippen molar-refractivity contribution >= 4 is 5.91 Å². The lowest BCUT2D eigenvalue weighted by atomic mass is 10.0. The monoisotopic (exact) mass is 283 g/mol. The number of amides is 1. The van der Waals surface area contributed by atoms with Gasteiger partial charge < -0.3 is 5.32 Å². The summed E-state index contributed by atoms with van der Waals surface area (Å²) in [5.74, 6) is 0.215. The molecule has 0 unspecified atom stereocenters. The van der Waals surface area contributed by atoms with Crippen molar-refractivity contribution < 1.29 is 4.79 Å². The summed E-state index contributed by atoms with van der Waals surface area (Å²) in [6, 6.07) is 0.278. The Morgan fingerprint density at radius 2 is 1.15 bits per heavy atom. The van der Waals surface area contributed by atoms with Crippen LogP contribution >= 0.6 is 0 Å². The molecular weight excluding hydrogens is 246 g/mol. The van der Waals surface area contributed by atoms with Gasteiger partial charge in [0.2, 0.25) is 5.91 Å². The molecule has 2 nitrogen and oxygen atoms in total. The van der Waals surface area contributed by atoms with Crippen LogP contribution in [0.3, 0.4) is 0 Å². The Bertz CT molecular complexity index is 213. The van der Waals surface area contributed by atoms with Gasteiger partial charge in [0.15, 0.2) is 0 Å². The molecule has 120 valence electrons. The Labute approximate surface area is 127 Å². The third-order valence-corrected chi connectivity index (χ3v) is 3.71. The average molecular weight is 284 g/mol. The van der Waals surface area contributed by atoms with E-state index in [1.807, 2.05) is 13.8 Å². The first-order chi connectivity index (χ1) is 9.66. The molecule has 0 heterocycles. The Morgan fingerprint density at radius 1 is 0.750 bits per heavy atom. The van der Waals surface area contributed by atoms with Crippen molar-refractivity contribution in [2.24, 2.45) is 0 Å². The van der Waals surface area contributed by atoms with Crippen molar-refractivity contribution in [3.63, 3.8) is 0 Å². The molecule has 0 aromatic heterocycles. The predicted molar refractivity (Wildman–Crippen MR) is 89.0 cm³/mol. The van der Waals surface area contributed by atoms with Gasteiger partial charge in [0.05, 0.1) is 0 Å². The zero-order valence-corrected chi connectivity index (χ0v) is 14.2. The first-order valence-corrected chi connectivity index (χ1v) is 8.96. The Kier molecular flexibility index (Phi) is 14.5. The van der Waals surface area contributed by atoms with Gasteiger partial charge in [-0.2, -0.15) is 0 Å². The standard InChI is InChI=1S/C18H37NO/c1-4-5-6-7-8-9-10-11-12-13-14-15-16-18(20)19-17(2)3/h17H,4-16H2,1-3H3,(H,19,20). The second kappa shape index (κ2) is 14.9. The minimum absolute atomic E-state index is 0.215. The van der Waals surface area contributed by atoms with Crippen LogP contribution in [0.2, 0.25) is 0 Å². The zero-order chi connectivity index (χ0) is 15.1. The Morgan fingerprint density at radius 3 is 1.55 bits per heavy atom. The topological polar surface area (TPSA) is 29.1 Å². The molecule has 0 aliphatic carbocycles. The van der Waals surface area contributed by atoms with Crippen molar-refractivity contribution in [3.05, 3.63) is 0 Å². The van der Waals surface area contributed by atoms with Crippen LogP contribution in [-0.4, -0.2) is 11.9 Å². The highest BCUT2D eigenvalue weighted by molar-refractivity contribution is 5.76. The first kappa shape index (κ1) is 19.5. The third kappa shape index (κ3) is 15.5. The van der Waals surface area contributed by atoms with E-state index in [1.54, 1.807) is 0 Å². The summed E-state index contributed by atoms with van der Waals surface area (Å²) in [7, 11) is 0. The lowest BCUT2D eigenvalue weighted by Gasteiger charge is -2.07. The van der Waals surface area contributed by atoms with Gasteiger partial charge in [0.25, 0.3) is 0 Å². The number of unbranched alkanes of at least 4 members (excludes halogenated alkanes) is 11. The summed E-state index contributed by atoms with van der Waals surface area (Å²) in [4.78, 5) is 11.4. The van der Waals surface area contributed by atoms with Crippen molar-refractivity contribution in [2.45, 2.75) is 110 Å². The van der Waals surface area contributed by atoms with Crippen LogP contribution in [0.4, 0.5) is 0 Å². The Balaban J connectivity index is 3.08. The fourth-order valence-electron chi connectivity index (χ4n) is 2.52. The highest BCUT2D eigenvalue weighted by Crippen LogP contribution is 2.12. The molecule has 1 amide bonds. The van der Waals surface area contributed by atoms with Crippen LogP contribution in [0.1, 0.15) is 104 Å². The molecule has 0 atom stereocenters. The van der Waals surface area contributed by atoms with Crippen LogP contribution < -0.4 is 5.32 Å². The van der Waals surface area contributed by atoms with Gasteiger partial charge in [0, 0.05) is 12.5 Å². The third-order valence-electron chi connectivity index (χ3n) is 3.71. The molecule has 1 N–H and O–H groups in total. The fraction of sp³-hybridized carbons (Fsp3) is 0.944. The number of carbonyl (C=O) groups is 1. The minimum Gasteiger partial charge on any atom is -0.354 e. The molecule has 0 aromatic rings. The van der Waals surface area contributed by atoms with Crippen molar-refractivity contribution in [1.82, 2.24) is 5.32 Å². The molecule has 0 fully saturated rings. The fourth-order valence-corrected chi connectivity index (χ4v) is 2.52. The number of rotatable bonds is 14. The molecule has 0 aliphatic heterocycles. The lowest BCUT2D eigenvalue weighted by molar-refractivity contribution is -0.121. The van der Waals surface area contributed by atoms with Gasteiger partial charge in [-0.15, -0.1) is 0 Å². The van der Waals surface area contributed by atoms with Crippen LogP contribution in [0.5, 0.6) is 0 Å². The molecule has 20 heavy (non-hydrogen) atoms. The van der Waals surface area contributed by atoms with E-state index in [0.717, 1.165) is 6.42 Å². The highest BCUT2D eigenvalue weighted by Gasteiger charge is 2.02. The van der Waals surface area contributed by atoms with E-state index >= 15 is 0 Å². The minimum atomic E-state index is 0.215. The van der Waals surface area contributed by atoms with Gasteiger partial charge in [-0.25, -0.2) is 0 Å². The van der Waals surface area contributed by atoms with Crippen molar-refractivity contribution in [2.75, 3.05) is 0 Å². The van der Waals surface area contributed by atoms with E-state index < -0.39 is 0 Å². The summed E-state index contributed by atoms with van der Waals surface area (Å²) < 4.78 is 0. The van der Waals surface area contributed by atoms with Gasteiger partial charge >= 0.3 is 0 Å². The first-order valence-electron chi connectivity index (χ1n) is 8.96. The normalized spacial score (nSPS) is 11.0. The summed E-state index contributed by atoms with van der Waals surface area (Å²) in [6.45, 7) is 6.30. The van der Waals surface area contributed by atoms with Crippen LogP contribution in [-0.2, 0) is 4.79 Å². The maximum absolute atomic E-state index is 11.4. The van der Waals surface area contributed by atoms with E-state index in [4.69, 9.17) is 0 Å².